The van der Waals surface area contributed by atoms with E-state index >= 15 is 0 Å². The average molecular weight is 661 g/mol. The lowest BCUT2D eigenvalue weighted by molar-refractivity contribution is -0.335. The lowest BCUT2D eigenvalue weighted by Gasteiger charge is -2.63. The minimum Gasteiger partial charge on any atom is -0.432 e. The van der Waals surface area contributed by atoms with Crippen LogP contribution in [-0.2, 0) is 23.7 Å². The van der Waals surface area contributed by atoms with Crippen molar-refractivity contribution in [2.75, 3.05) is 19.8 Å². The van der Waals surface area contributed by atoms with Crippen molar-refractivity contribution in [1.82, 2.24) is 0 Å². The van der Waals surface area contributed by atoms with Crippen molar-refractivity contribution in [1.29, 1.82) is 0 Å². The molecule has 0 aromatic carbocycles. The number of rotatable bonds is 7. The van der Waals surface area contributed by atoms with Crippen molar-refractivity contribution < 1.29 is 69.7 Å². The maximum Gasteiger partial charge on any atom is 0.314 e. The lowest BCUT2D eigenvalue weighted by Crippen LogP contribution is -2.62. The second kappa shape index (κ2) is 12.4. The van der Waals surface area contributed by atoms with E-state index in [0.717, 1.165) is 38.5 Å². The van der Waals surface area contributed by atoms with Crippen molar-refractivity contribution in [3.8, 4) is 0 Å². The highest BCUT2D eigenvalue weighted by Gasteiger charge is 2.70. The maximum absolute atomic E-state index is 14.0. The normalized spacial score (nSPS) is 55.3. The third-order valence-corrected chi connectivity index (χ3v) is 13.3. The first-order chi connectivity index (χ1) is 21.7. The fourth-order valence-electron chi connectivity index (χ4n) is 11.0. The van der Waals surface area contributed by atoms with Gasteiger partial charge in [0.1, 0.15) is 48.8 Å². The quantitative estimate of drug-likeness (QED) is 0.138. The number of carbonyl (C=O) groups is 1. The number of hydrogen-bond acceptors (Lipinski definition) is 14. The molecule has 17 atom stereocenters. The molecule has 14 nitrogen and oxygen atoms in total. The molecule has 6 rings (SSSR count). The van der Waals surface area contributed by atoms with E-state index in [1.807, 2.05) is 6.92 Å². The van der Waals surface area contributed by atoms with Crippen LogP contribution in [0.15, 0.2) is 0 Å². The number of aliphatic hydroxyl groups is 9. The fourth-order valence-corrected chi connectivity index (χ4v) is 11.0. The van der Waals surface area contributed by atoms with E-state index in [1.54, 1.807) is 0 Å². The van der Waals surface area contributed by atoms with Gasteiger partial charge in [0, 0.05) is 0 Å². The molecule has 2 aliphatic heterocycles. The van der Waals surface area contributed by atoms with Gasteiger partial charge in [0.25, 0.3) is 0 Å². The van der Waals surface area contributed by atoms with Crippen LogP contribution >= 0.6 is 0 Å². The second-order valence-electron chi connectivity index (χ2n) is 15.6. The summed E-state index contributed by atoms with van der Waals surface area (Å²) in [5, 5.41) is 92.4. The predicted molar refractivity (Wildman–Crippen MR) is 155 cm³/mol. The number of aliphatic hydroxyl groups excluding tert-OH is 9. The van der Waals surface area contributed by atoms with Crippen LogP contribution < -0.4 is 0 Å². The van der Waals surface area contributed by atoms with Gasteiger partial charge in [0.05, 0.1) is 30.8 Å². The molecule has 1 spiro atoms. The van der Waals surface area contributed by atoms with Crippen LogP contribution in [0, 0.1) is 34.0 Å². The van der Waals surface area contributed by atoms with E-state index in [-0.39, 0.29) is 35.2 Å². The van der Waals surface area contributed by atoms with Gasteiger partial charge in [-0.15, -0.1) is 0 Å². The van der Waals surface area contributed by atoms with Crippen LogP contribution in [0.2, 0.25) is 0 Å². The highest BCUT2D eigenvalue weighted by Crippen LogP contribution is 2.73. The largest absolute Gasteiger partial charge is 0.432 e. The molecule has 0 aromatic heterocycles. The van der Waals surface area contributed by atoms with Crippen LogP contribution in [0.5, 0.6) is 0 Å². The summed E-state index contributed by atoms with van der Waals surface area (Å²) >= 11 is 0. The molecule has 2 heterocycles. The zero-order valence-electron chi connectivity index (χ0n) is 26.6. The van der Waals surface area contributed by atoms with Gasteiger partial charge in [0.15, 0.2) is 6.29 Å². The van der Waals surface area contributed by atoms with Crippen molar-refractivity contribution in [3.63, 3.8) is 0 Å². The van der Waals surface area contributed by atoms with E-state index in [4.69, 9.17) is 18.9 Å². The monoisotopic (exact) mass is 660 g/mol. The Morgan fingerprint density at radius 2 is 1.35 bits per heavy atom. The van der Waals surface area contributed by atoms with Gasteiger partial charge in [0.2, 0.25) is 6.29 Å². The summed E-state index contributed by atoms with van der Waals surface area (Å²) in [4.78, 5) is 14.0. The molecular weight excluding hydrogens is 608 g/mol. The van der Waals surface area contributed by atoms with Gasteiger partial charge in [-0.2, -0.15) is 0 Å². The molecule has 0 unspecified atom stereocenters. The number of esters is 1. The first-order valence-corrected chi connectivity index (χ1v) is 16.8. The first kappa shape index (κ1) is 34.8. The first-order valence-electron chi connectivity index (χ1n) is 16.8. The van der Waals surface area contributed by atoms with Crippen molar-refractivity contribution in [2.24, 2.45) is 34.0 Å². The van der Waals surface area contributed by atoms with Gasteiger partial charge in [-0.05, 0) is 86.9 Å². The number of fused-ring (bicyclic) bond motifs is 3. The minimum absolute atomic E-state index is 0.0487. The molecule has 2 saturated heterocycles. The lowest BCUT2D eigenvalue weighted by atomic mass is 9.41. The molecule has 4 aliphatic carbocycles. The maximum atomic E-state index is 14.0. The third kappa shape index (κ3) is 5.18. The molecule has 9 N–H and O–H groups in total. The summed E-state index contributed by atoms with van der Waals surface area (Å²) in [5.41, 5.74) is -2.49. The molecule has 0 aromatic rings. The molecule has 14 heteroatoms. The fraction of sp³-hybridized carbons (Fsp3) is 0.969. The zero-order valence-corrected chi connectivity index (χ0v) is 26.6. The molecule has 0 radical (unpaired) electrons. The van der Waals surface area contributed by atoms with Gasteiger partial charge < -0.3 is 64.9 Å². The second-order valence-corrected chi connectivity index (χ2v) is 15.6. The predicted octanol–water partition coefficient (Wildman–Crippen LogP) is -1.71. The van der Waals surface area contributed by atoms with Gasteiger partial charge >= 0.3 is 5.97 Å². The van der Waals surface area contributed by atoms with E-state index < -0.39 is 91.6 Å². The Morgan fingerprint density at radius 1 is 0.739 bits per heavy atom. The summed E-state index contributed by atoms with van der Waals surface area (Å²) in [6.07, 6.45) is -8.26. The van der Waals surface area contributed by atoms with E-state index in [0.29, 0.717) is 19.3 Å². The summed E-state index contributed by atoms with van der Waals surface area (Å²) < 4.78 is 23.3. The number of hydrogen-bond donors (Lipinski definition) is 9. The summed E-state index contributed by atoms with van der Waals surface area (Å²) in [7, 11) is 0. The SMILES string of the molecule is C[C@@]12CCC[C@@](C)(C(=O)O[C@@H]3O[C@H](CO)[C@H](O)[C@H](O)[C@@H]3O)[C@H]1CC[C@@]13C[C@@H](CC[C@H]12)[C@](CO)(O[C@@H]1O[C@H](CO)[C@H](O)[C@@H](O)[C@H]1O)C3. The number of ether oxygens (including phenoxy) is 4. The van der Waals surface area contributed by atoms with Gasteiger partial charge in [-0.3, -0.25) is 4.79 Å². The Labute approximate surface area is 268 Å². The molecule has 2 bridgehead atoms. The molecule has 6 aliphatic rings. The van der Waals surface area contributed by atoms with Crippen LogP contribution in [0.1, 0.15) is 71.6 Å². The average Bonchev–Trinajstić information content (AvgIpc) is 3.26. The highest BCUT2D eigenvalue weighted by atomic mass is 16.7. The Hall–Kier alpha value is -1.01. The van der Waals surface area contributed by atoms with Gasteiger partial charge in [-0.25, -0.2) is 0 Å². The minimum atomic E-state index is -1.68. The van der Waals surface area contributed by atoms with Crippen LogP contribution in [-0.4, -0.2) is 139 Å². The van der Waals surface area contributed by atoms with Crippen molar-refractivity contribution in [2.45, 2.75) is 139 Å². The van der Waals surface area contributed by atoms with E-state index in [9.17, 15) is 50.8 Å². The van der Waals surface area contributed by atoms with Crippen molar-refractivity contribution in [3.05, 3.63) is 0 Å². The van der Waals surface area contributed by atoms with Crippen molar-refractivity contribution >= 4 is 5.97 Å². The molecule has 46 heavy (non-hydrogen) atoms. The molecule has 6 fully saturated rings. The zero-order chi connectivity index (χ0) is 33.4. The molecule has 4 saturated carbocycles. The third-order valence-electron chi connectivity index (χ3n) is 13.3. The van der Waals surface area contributed by atoms with Crippen LogP contribution in [0.3, 0.4) is 0 Å². The Bertz CT molecular complexity index is 1120. The van der Waals surface area contributed by atoms with E-state index in [2.05, 4.69) is 6.92 Å². The Kier molecular flexibility index (Phi) is 9.39. The number of carbonyl (C=O) groups excluding carboxylic acids is 1. The van der Waals surface area contributed by atoms with Crippen LogP contribution in [0.4, 0.5) is 0 Å². The smallest absolute Gasteiger partial charge is 0.314 e. The summed E-state index contributed by atoms with van der Waals surface area (Å²) in [6.45, 7) is 2.59. The topological polar surface area (TPSA) is 236 Å². The van der Waals surface area contributed by atoms with Gasteiger partial charge in [-0.1, -0.05) is 13.3 Å². The Balaban J connectivity index is 1.22. The molecular formula is C32H52O14. The molecule has 264 valence electrons. The van der Waals surface area contributed by atoms with E-state index in [1.165, 1.54) is 0 Å². The molecule has 0 amide bonds. The summed E-state index contributed by atoms with van der Waals surface area (Å²) in [6, 6.07) is 0. The highest BCUT2D eigenvalue weighted by molar-refractivity contribution is 5.77. The standard InChI is InChI=1S/C32H52O14/c1-29-7-3-8-30(2,28(42)45-26-24(40)22(38)20(36)16(11-33)43-26)18(29)6-9-31-10-15(4-5-19(29)31)32(13-31,14-35)46-27-25(41)23(39)21(37)17(12-34)44-27/h15-27,33-41H,3-14H2,1-2H3/t15-,16-,17-,18+,19+,20+,21+,22+,23-,24+,25-,26+,27+,29-,30-,31+,32+/m1/s1. The summed E-state index contributed by atoms with van der Waals surface area (Å²) in [5.74, 6) is -0.498. The Morgan fingerprint density at radius 3 is 1.96 bits per heavy atom. The van der Waals surface area contributed by atoms with Crippen LogP contribution in [0.25, 0.3) is 0 Å².